The van der Waals surface area contributed by atoms with Gasteiger partial charge in [0, 0.05) is 5.56 Å². The summed E-state index contributed by atoms with van der Waals surface area (Å²) in [5, 5.41) is 0.150. The smallest absolute Gasteiger partial charge is 0.193 e. The first kappa shape index (κ1) is 12.0. The molecule has 3 nitrogen and oxygen atoms in total. The second kappa shape index (κ2) is 4.83. The zero-order chi connectivity index (χ0) is 12.4. The fourth-order valence-electron chi connectivity index (χ4n) is 1.55. The molecule has 0 bridgehead atoms. The number of rotatable bonds is 3. The minimum atomic E-state index is -0.969. The monoisotopic (exact) mass is 258 g/mol. The van der Waals surface area contributed by atoms with Gasteiger partial charge in [-0.15, -0.1) is 0 Å². The number of halogens is 3. The molecule has 0 saturated carbocycles. The van der Waals surface area contributed by atoms with Crippen LogP contribution in [-0.4, -0.2) is 0 Å². The van der Waals surface area contributed by atoms with Gasteiger partial charge in [0.1, 0.15) is 11.8 Å². The maximum absolute atomic E-state index is 13.6. The molecule has 17 heavy (non-hydrogen) atoms. The van der Waals surface area contributed by atoms with E-state index in [-0.39, 0.29) is 10.8 Å². The Balaban J connectivity index is 2.45. The molecule has 0 radical (unpaired) electrons. The first-order valence-corrected chi connectivity index (χ1v) is 5.16. The Morgan fingerprint density at radius 1 is 1.24 bits per heavy atom. The molecule has 0 spiro atoms. The average molecular weight is 259 g/mol. The maximum Gasteiger partial charge on any atom is 0.193 e. The van der Waals surface area contributed by atoms with Crippen LogP contribution in [0.1, 0.15) is 17.4 Å². The summed E-state index contributed by atoms with van der Waals surface area (Å²) in [6.45, 7) is 0. The molecule has 2 rings (SSSR count). The normalized spacial score (nSPS) is 12.7. The van der Waals surface area contributed by atoms with E-state index in [0.29, 0.717) is 5.76 Å². The molecule has 1 aromatic heterocycles. The number of hydrogen-bond acceptors (Lipinski definition) is 3. The molecule has 1 aromatic carbocycles. The van der Waals surface area contributed by atoms with Crippen LogP contribution in [0.4, 0.5) is 8.78 Å². The van der Waals surface area contributed by atoms with Gasteiger partial charge in [-0.25, -0.2) is 14.2 Å². The lowest BCUT2D eigenvalue weighted by atomic mass is 10.0. The van der Waals surface area contributed by atoms with Crippen molar-refractivity contribution < 1.29 is 13.2 Å². The lowest BCUT2D eigenvalue weighted by molar-refractivity contribution is 0.430. The van der Waals surface area contributed by atoms with Crippen molar-refractivity contribution >= 4 is 11.6 Å². The molecular weight excluding hydrogens is 250 g/mol. The predicted octanol–water partition coefficient (Wildman–Crippen LogP) is 2.76. The Kier molecular flexibility index (Phi) is 3.42. The molecule has 6 heteroatoms. The largest absolute Gasteiger partial charge is 0.448 e. The van der Waals surface area contributed by atoms with Crippen molar-refractivity contribution in [1.29, 1.82) is 0 Å². The number of nitrogens with two attached hydrogens (primary N) is 1. The number of hydrazine groups is 1. The van der Waals surface area contributed by atoms with Gasteiger partial charge in [-0.2, -0.15) is 0 Å². The molecule has 1 heterocycles. The third kappa shape index (κ3) is 2.31. The van der Waals surface area contributed by atoms with Gasteiger partial charge in [0.2, 0.25) is 0 Å². The Labute approximate surface area is 101 Å². The summed E-state index contributed by atoms with van der Waals surface area (Å²) in [6.07, 6.45) is 0. The van der Waals surface area contributed by atoms with E-state index in [1.54, 1.807) is 0 Å². The van der Waals surface area contributed by atoms with E-state index in [0.717, 1.165) is 6.07 Å². The van der Waals surface area contributed by atoms with Crippen molar-refractivity contribution in [1.82, 2.24) is 5.43 Å². The van der Waals surface area contributed by atoms with Crippen molar-refractivity contribution in [2.24, 2.45) is 5.84 Å². The molecule has 0 aliphatic rings. The first-order chi connectivity index (χ1) is 8.13. The molecule has 0 aliphatic heterocycles. The van der Waals surface area contributed by atoms with Crippen LogP contribution in [0.3, 0.4) is 0 Å². The van der Waals surface area contributed by atoms with Crippen LogP contribution < -0.4 is 11.3 Å². The highest BCUT2D eigenvalue weighted by atomic mass is 35.5. The lowest BCUT2D eigenvalue weighted by Crippen LogP contribution is -2.29. The average Bonchev–Trinajstić information content (AvgIpc) is 2.72. The zero-order valence-electron chi connectivity index (χ0n) is 8.58. The highest BCUT2D eigenvalue weighted by Crippen LogP contribution is 2.27. The van der Waals surface area contributed by atoms with Crippen molar-refractivity contribution in [3.8, 4) is 0 Å². The van der Waals surface area contributed by atoms with E-state index >= 15 is 0 Å². The standard InChI is InChI=1S/C11H9ClF2N2O/c12-9-5-4-8(17-9)11(16-15)6-2-1-3-7(13)10(6)14/h1-5,11,16H,15H2. The molecule has 3 N–H and O–H groups in total. The predicted molar refractivity (Wildman–Crippen MR) is 59.2 cm³/mol. The fraction of sp³-hybridized carbons (Fsp3) is 0.0909. The summed E-state index contributed by atoms with van der Waals surface area (Å²) in [4.78, 5) is 0. The molecule has 1 unspecified atom stereocenters. The van der Waals surface area contributed by atoms with Crippen LogP contribution in [0, 0.1) is 11.6 Å². The van der Waals surface area contributed by atoms with Gasteiger partial charge in [-0.05, 0) is 29.8 Å². The van der Waals surface area contributed by atoms with Gasteiger partial charge in [0.05, 0.1) is 0 Å². The van der Waals surface area contributed by atoms with E-state index < -0.39 is 17.7 Å². The summed E-state index contributed by atoms with van der Waals surface area (Å²) in [6, 6.07) is 6.08. The summed E-state index contributed by atoms with van der Waals surface area (Å²) in [5.74, 6) is 3.72. The van der Waals surface area contributed by atoms with Gasteiger partial charge >= 0.3 is 0 Å². The van der Waals surface area contributed by atoms with Crippen LogP contribution in [0.5, 0.6) is 0 Å². The van der Waals surface area contributed by atoms with E-state index in [1.165, 1.54) is 24.3 Å². The summed E-state index contributed by atoms with van der Waals surface area (Å²) < 4.78 is 31.8. The first-order valence-electron chi connectivity index (χ1n) is 4.78. The van der Waals surface area contributed by atoms with Crippen molar-refractivity contribution in [2.45, 2.75) is 6.04 Å². The van der Waals surface area contributed by atoms with Crippen molar-refractivity contribution in [3.63, 3.8) is 0 Å². The number of furan rings is 1. The van der Waals surface area contributed by atoms with Gasteiger partial charge in [0.25, 0.3) is 0 Å². The Morgan fingerprint density at radius 3 is 2.59 bits per heavy atom. The fourth-order valence-corrected chi connectivity index (χ4v) is 1.70. The van der Waals surface area contributed by atoms with Gasteiger partial charge in [-0.1, -0.05) is 12.1 Å². The van der Waals surface area contributed by atoms with Gasteiger partial charge in [-0.3, -0.25) is 5.84 Å². The van der Waals surface area contributed by atoms with E-state index in [9.17, 15) is 8.78 Å². The Morgan fingerprint density at radius 2 is 2.00 bits per heavy atom. The molecule has 0 aliphatic carbocycles. The Bertz CT molecular complexity index is 530. The topological polar surface area (TPSA) is 51.2 Å². The zero-order valence-corrected chi connectivity index (χ0v) is 9.34. The molecule has 0 saturated heterocycles. The SMILES string of the molecule is NNC(c1ccc(Cl)o1)c1cccc(F)c1F. The Hall–Kier alpha value is -1.43. The number of benzene rings is 1. The number of nitrogens with one attached hydrogen (secondary N) is 1. The molecule has 0 amide bonds. The summed E-state index contributed by atoms with van der Waals surface area (Å²) in [7, 11) is 0. The second-order valence-corrected chi connectivity index (χ2v) is 3.76. The van der Waals surface area contributed by atoms with E-state index in [2.05, 4.69) is 5.43 Å². The van der Waals surface area contributed by atoms with Crippen LogP contribution >= 0.6 is 11.6 Å². The highest BCUT2D eigenvalue weighted by Gasteiger charge is 2.21. The third-order valence-electron chi connectivity index (χ3n) is 2.34. The molecule has 2 aromatic rings. The van der Waals surface area contributed by atoms with Crippen molar-refractivity contribution in [2.75, 3.05) is 0 Å². The highest BCUT2D eigenvalue weighted by molar-refractivity contribution is 6.28. The van der Waals surface area contributed by atoms with E-state index in [4.69, 9.17) is 21.9 Å². The van der Waals surface area contributed by atoms with E-state index in [1.807, 2.05) is 0 Å². The molecule has 0 fully saturated rings. The van der Waals surface area contributed by atoms with Gasteiger partial charge in [0.15, 0.2) is 16.9 Å². The maximum atomic E-state index is 13.6. The lowest BCUT2D eigenvalue weighted by Gasteiger charge is -2.14. The molecular formula is C11H9ClF2N2O. The van der Waals surface area contributed by atoms with Crippen LogP contribution in [-0.2, 0) is 0 Å². The van der Waals surface area contributed by atoms with Crippen LogP contribution in [0.15, 0.2) is 34.7 Å². The quantitative estimate of drug-likeness (QED) is 0.657. The van der Waals surface area contributed by atoms with Crippen molar-refractivity contribution in [3.05, 3.63) is 58.5 Å². The van der Waals surface area contributed by atoms with Gasteiger partial charge < -0.3 is 4.42 Å². The van der Waals surface area contributed by atoms with Crippen LogP contribution in [0.2, 0.25) is 5.22 Å². The second-order valence-electron chi connectivity index (χ2n) is 3.38. The summed E-state index contributed by atoms with van der Waals surface area (Å²) >= 11 is 5.62. The molecule has 90 valence electrons. The summed E-state index contributed by atoms with van der Waals surface area (Å²) in [5.41, 5.74) is 2.41. The van der Waals surface area contributed by atoms with Crippen LogP contribution in [0.25, 0.3) is 0 Å². The minimum Gasteiger partial charge on any atom is -0.448 e. The molecule has 1 atom stereocenters. The number of hydrogen-bond donors (Lipinski definition) is 2. The minimum absolute atomic E-state index is 0.0542. The third-order valence-corrected chi connectivity index (χ3v) is 2.54.